The average Bonchev–Trinajstić information content (AvgIpc) is 3.48. The van der Waals surface area contributed by atoms with E-state index in [0.717, 1.165) is 16.9 Å². The molecule has 0 N–H and O–H groups in total. The van der Waals surface area contributed by atoms with Crippen LogP contribution in [0.1, 0.15) is 36.8 Å². The first kappa shape index (κ1) is 26.3. The van der Waals surface area contributed by atoms with E-state index in [2.05, 4.69) is 4.99 Å². The van der Waals surface area contributed by atoms with Gasteiger partial charge in [-0.15, -0.1) is 0 Å². The molecule has 1 aliphatic heterocycles. The third kappa shape index (κ3) is 4.96. The van der Waals surface area contributed by atoms with Crippen LogP contribution in [0.25, 0.3) is 17.4 Å². The molecule has 198 valence electrons. The minimum atomic E-state index is -0.762. The number of hydrogen-bond donors (Lipinski definition) is 0. The van der Waals surface area contributed by atoms with E-state index in [9.17, 15) is 19.7 Å². The second-order valence-electron chi connectivity index (χ2n) is 8.83. The fourth-order valence-electron chi connectivity index (χ4n) is 4.46. The van der Waals surface area contributed by atoms with E-state index in [4.69, 9.17) is 20.8 Å². The molecule has 0 saturated heterocycles. The number of hydrogen-bond acceptors (Lipinski definition) is 8. The lowest BCUT2D eigenvalue weighted by atomic mass is 9.96. The van der Waals surface area contributed by atoms with Gasteiger partial charge in [0.25, 0.3) is 11.2 Å². The number of esters is 1. The number of ether oxygens (including phenoxy) is 1. The number of rotatable bonds is 6. The van der Waals surface area contributed by atoms with Crippen LogP contribution in [-0.4, -0.2) is 22.1 Å². The molecule has 1 atom stereocenters. The number of aryl methyl sites for hydroxylation is 1. The molecule has 39 heavy (non-hydrogen) atoms. The van der Waals surface area contributed by atoms with Gasteiger partial charge in [-0.2, -0.15) is 0 Å². The Morgan fingerprint density at radius 2 is 1.95 bits per heavy atom. The second-order valence-corrected chi connectivity index (χ2v) is 10.3. The van der Waals surface area contributed by atoms with Crippen molar-refractivity contribution in [2.75, 3.05) is 6.61 Å². The maximum absolute atomic E-state index is 13.7. The van der Waals surface area contributed by atoms with Gasteiger partial charge in [0.15, 0.2) is 4.80 Å². The summed E-state index contributed by atoms with van der Waals surface area (Å²) < 4.78 is 13.0. The van der Waals surface area contributed by atoms with E-state index in [1.165, 1.54) is 10.6 Å². The third-order valence-corrected chi connectivity index (χ3v) is 7.45. The molecule has 2 aromatic carbocycles. The zero-order valence-corrected chi connectivity index (χ0v) is 22.7. The zero-order chi connectivity index (χ0) is 27.8. The number of nitrogens with zero attached hydrogens (tertiary/aromatic N) is 3. The van der Waals surface area contributed by atoms with Crippen molar-refractivity contribution in [3.63, 3.8) is 0 Å². The summed E-state index contributed by atoms with van der Waals surface area (Å²) in [4.78, 5) is 42.7. The summed E-state index contributed by atoms with van der Waals surface area (Å²) in [5.41, 5.74) is 2.05. The molecule has 1 unspecified atom stereocenters. The lowest BCUT2D eigenvalue weighted by Gasteiger charge is -2.24. The van der Waals surface area contributed by atoms with Gasteiger partial charge in [0, 0.05) is 17.2 Å². The topological polar surface area (TPSA) is 117 Å². The van der Waals surface area contributed by atoms with Crippen LogP contribution in [0, 0.1) is 17.0 Å². The Morgan fingerprint density at radius 3 is 2.64 bits per heavy atom. The summed E-state index contributed by atoms with van der Waals surface area (Å²) >= 11 is 7.25. The third-order valence-electron chi connectivity index (χ3n) is 6.22. The summed E-state index contributed by atoms with van der Waals surface area (Å²) in [6, 6.07) is 14.3. The monoisotopic (exact) mass is 563 g/mol. The number of nitro benzene ring substituents is 1. The molecule has 1 aliphatic rings. The molecule has 0 saturated carbocycles. The van der Waals surface area contributed by atoms with Gasteiger partial charge in [0.05, 0.1) is 38.9 Å². The molecule has 0 bridgehead atoms. The number of aromatic nitrogens is 1. The Labute approximate surface area is 231 Å². The normalized spacial score (nSPS) is 15.2. The molecule has 0 amide bonds. The quantitative estimate of drug-likeness (QED) is 0.186. The van der Waals surface area contributed by atoms with Crippen molar-refractivity contribution in [3.05, 3.63) is 118 Å². The summed E-state index contributed by atoms with van der Waals surface area (Å²) in [7, 11) is 0. The predicted octanol–water partition coefficient (Wildman–Crippen LogP) is 4.93. The molecule has 3 heterocycles. The highest BCUT2D eigenvalue weighted by Gasteiger charge is 2.33. The molecule has 2 aromatic heterocycles. The fourth-order valence-corrected chi connectivity index (χ4v) is 5.61. The molecular formula is C28H22ClN3O6S. The number of carbonyl (C=O) groups excluding carboxylic acids is 1. The van der Waals surface area contributed by atoms with E-state index < -0.39 is 16.9 Å². The standard InChI is InChI=1S/C28H22ClN3O6S/c1-4-37-27(34)24-16(3)30-28-31(25(24)17-6-8-18(29)9-7-17)26(33)23(39-28)14-19-10-12-22(38-19)20-11-5-15(2)13-21(20)32(35)36/h5-14,25H,4H2,1-3H3. The molecule has 0 fully saturated rings. The number of benzene rings is 2. The molecular weight excluding hydrogens is 542 g/mol. The number of thiazole rings is 1. The van der Waals surface area contributed by atoms with Crippen LogP contribution in [0.5, 0.6) is 0 Å². The van der Waals surface area contributed by atoms with Gasteiger partial charge in [-0.1, -0.05) is 41.1 Å². The Hall–Kier alpha value is -4.28. The highest BCUT2D eigenvalue weighted by Crippen LogP contribution is 2.33. The first-order chi connectivity index (χ1) is 18.7. The van der Waals surface area contributed by atoms with Gasteiger partial charge in [-0.25, -0.2) is 9.79 Å². The summed E-state index contributed by atoms with van der Waals surface area (Å²) in [6.07, 6.45) is 1.57. The Morgan fingerprint density at radius 1 is 1.21 bits per heavy atom. The van der Waals surface area contributed by atoms with E-state index in [1.54, 1.807) is 75.4 Å². The van der Waals surface area contributed by atoms with Crippen LogP contribution >= 0.6 is 22.9 Å². The molecule has 5 rings (SSSR count). The summed E-state index contributed by atoms with van der Waals surface area (Å²) in [5, 5.41) is 12.1. The van der Waals surface area contributed by atoms with Gasteiger partial charge in [-0.05, 0) is 62.2 Å². The Balaban J connectivity index is 1.63. The van der Waals surface area contributed by atoms with Gasteiger partial charge in [-0.3, -0.25) is 19.5 Å². The number of halogens is 1. The molecule has 0 radical (unpaired) electrons. The summed E-state index contributed by atoms with van der Waals surface area (Å²) in [5.74, 6) is 0.0954. The number of nitro groups is 1. The minimum Gasteiger partial charge on any atom is -0.463 e. The van der Waals surface area contributed by atoms with Gasteiger partial charge in [0.1, 0.15) is 11.5 Å². The van der Waals surface area contributed by atoms with Crippen LogP contribution < -0.4 is 14.9 Å². The van der Waals surface area contributed by atoms with Crippen LogP contribution in [0.3, 0.4) is 0 Å². The SMILES string of the molecule is CCOC(=O)C1=C(C)N=c2sc(=Cc3ccc(-c4ccc(C)cc4[N+](=O)[O-])o3)c(=O)n2C1c1ccc(Cl)cc1. The number of allylic oxidation sites excluding steroid dienone is 1. The van der Waals surface area contributed by atoms with E-state index in [1.807, 2.05) is 0 Å². The van der Waals surface area contributed by atoms with Crippen molar-refractivity contribution in [1.82, 2.24) is 4.57 Å². The first-order valence-corrected chi connectivity index (χ1v) is 13.2. The van der Waals surface area contributed by atoms with Crippen molar-refractivity contribution in [3.8, 4) is 11.3 Å². The van der Waals surface area contributed by atoms with E-state index in [-0.39, 0.29) is 23.4 Å². The molecule has 0 aliphatic carbocycles. The largest absolute Gasteiger partial charge is 0.463 e. The number of fused-ring (bicyclic) bond motifs is 1. The van der Waals surface area contributed by atoms with Crippen LogP contribution in [0.4, 0.5) is 5.69 Å². The van der Waals surface area contributed by atoms with E-state index in [0.29, 0.717) is 42.7 Å². The van der Waals surface area contributed by atoms with Crippen molar-refractivity contribution in [1.29, 1.82) is 0 Å². The lowest BCUT2D eigenvalue weighted by molar-refractivity contribution is -0.384. The Kier molecular flexibility index (Phi) is 7.07. The molecule has 11 heteroatoms. The van der Waals surface area contributed by atoms with Crippen LogP contribution in [0.2, 0.25) is 5.02 Å². The average molecular weight is 564 g/mol. The van der Waals surface area contributed by atoms with Crippen molar-refractivity contribution < 1.29 is 18.9 Å². The van der Waals surface area contributed by atoms with Gasteiger partial charge < -0.3 is 9.15 Å². The van der Waals surface area contributed by atoms with E-state index >= 15 is 0 Å². The molecule has 4 aromatic rings. The van der Waals surface area contributed by atoms with Gasteiger partial charge in [0.2, 0.25) is 0 Å². The highest BCUT2D eigenvalue weighted by molar-refractivity contribution is 7.07. The molecule has 9 nitrogen and oxygen atoms in total. The predicted molar refractivity (Wildman–Crippen MR) is 147 cm³/mol. The van der Waals surface area contributed by atoms with Gasteiger partial charge >= 0.3 is 5.97 Å². The number of furan rings is 1. The first-order valence-electron chi connectivity index (χ1n) is 12.0. The minimum absolute atomic E-state index is 0.0693. The second kappa shape index (κ2) is 10.5. The maximum atomic E-state index is 13.7. The van der Waals surface area contributed by atoms with Crippen molar-refractivity contribution in [2.45, 2.75) is 26.8 Å². The summed E-state index contributed by atoms with van der Waals surface area (Å²) in [6.45, 7) is 5.37. The zero-order valence-electron chi connectivity index (χ0n) is 21.1. The molecule has 0 spiro atoms. The highest BCUT2D eigenvalue weighted by atomic mass is 35.5. The number of carbonyl (C=O) groups is 1. The Bertz CT molecular complexity index is 1830. The van der Waals surface area contributed by atoms with Crippen molar-refractivity contribution >= 4 is 40.7 Å². The van der Waals surface area contributed by atoms with Crippen LogP contribution in [0.15, 0.2) is 80.1 Å². The smallest absolute Gasteiger partial charge is 0.338 e. The van der Waals surface area contributed by atoms with Crippen LogP contribution in [-0.2, 0) is 9.53 Å². The fraction of sp³-hybridized carbons (Fsp3) is 0.179. The lowest BCUT2D eigenvalue weighted by Crippen LogP contribution is -2.39. The van der Waals surface area contributed by atoms with Crippen molar-refractivity contribution in [2.24, 2.45) is 4.99 Å². The maximum Gasteiger partial charge on any atom is 0.338 e.